The zero-order chi connectivity index (χ0) is 29.5. The molecule has 5 N–H and O–H groups in total. The molecule has 212 valence electrons. The first kappa shape index (κ1) is 29.0. The summed E-state index contributed by atoms with van der Waals surface area (Å²) in [5.41, 5.74) is 13.3. The number of nitrogens with zero attached hydrogens (tertiary/aromatic N) is 2. The SMILES string of the molecule is COc1cccc(CNC(=O)COc2ccc(C(=O)c3sc(N(c4ccc(F)cc4)C(C)C(N)=O)nc3N)cc2)c1. The maximum atomic E-state index is 13.5. The quantitative estimate of drug-likeness (QED) is 0.215. The van der Waals surface area contributed by atoms with Crippen molar-refractivity contribution in [1.29, 1.82) is 0 Å². The largest absolute Gasteiger partial charge is 0.497 e. The van der Waals surface area contributed by atoms with E-state index in [1.165, 1.54) is 29.2 Å². The van der Waals surface area contributed by atoms with Crippen LogP contribution in [0.15, 0.2) is 72.8 Å². The molecule has 0 aliphatic carbocycles. The average molecular weight is 578 g/mol. The molecule has 0 fully saturated rings. The van der Waals surface area contributed by atoms with Crippen LogP contribution in [0.1, 0.15) is 27.7 Å². The summed E-state index contributed by atoms with van der Waals surface area (Å²) in [6.07, 6.45) is 0. The van der Waals surface area contributed by atoms with E-state index in [4.69, 9.17) is 20.9 Å². The third-order valence-electron chi connectivity index (χ3n) is 6.07. The molecular formula is C29H28FN5O5S. The summed E-state index contributed by atoms with van der Waals surface area (Å²) < 4.78 is 24.2. The Hall–Kier alpha value is -4.97. The van der Waals surface area contributed by atoms with E-state index < -0.39 is 17.8 Å². The number of methoxy groups -OCH3 is 1. The molecule has 3 aromatic carbocycles. The number of ether oxygens (including phenoxy) is 2. The fraction of sp³-hybridized carbons (Fsp3) is 0.172. The molecule has 0 aliphatic rings. The summed E-state index contributed by atoms with van der Waals surface area (Å²) in [7, 11) is 1.57. The van der Waals surface area contributed by atoms with Crippen molar-refractivity contribution in [3.05, 3.63) is 94.6 Å². The van der Waals surface area contributed by atoms with Crippen LogP contribution >= 0.6 is 11.3 Å². The minimum Gasteiger partial charge on any atom is -0.497 e. The van der Waals surface area contributed by atoms with Crippen LogP contribution in [-0.2, 0) is 16.1 Å². The number of anilines is 3. The number of hydrogen-bond donors (Lipinski definition) is 3. The predicted octanol–water partition coefficient (Wildman–Crippen LogP) is 3.81. The molecule has 0 radical (unpaired) electrons. The van der Waals surface area contributed by atoms with Gasteiger partial charge in [-0.2, -0.15) is 0 Å². The van der Waals surface area contributed by atoms with Crippen LogP contribution in [-0.4, -0.2) is 42.3 Å². The molecular weight excluding hydrogens is 549 g/mol. The van der Waals surface area contributed by atoms with Crippen molar-refractivity contribution in [3.63, 3.8) is 0 Å². The normalized spacial score (nSPS) is 11.4. The number of rotatable bonds is 12. The zero-order valence-corrected chi connectivity index (χ0v) is 23.1. The first-order chi connectivity index (χ1) is 19.7. The summed E-state index contributed by atoms with van der Waals surface area (Å²) in [5, 5.41) is 3.03. The van der Waals surface area contributed by atoms with Gasteiger partial charge in [-0.05, 0) is 73.2 Å². The smallest absolute Gasteiger partial charge is 0.258 e. The van der Waals surface area contributed by atoms with Gasteiger partial charge in [-0.15, -0.1) is 0 Å². The lowest BCUT2D eigenvalue weighted by molar-refractivity contribution is -0.123. The molecule has 2 amide bonds. The van der Waals surface area contributed by atoms with Gasteiger partial charge >= 0.3 is 0 Å². The van der Waals surface area contributed by atoms with Crippen LogP contribution in [0.4, 0.5) is 21.0 Å². The van der Waals surface area contributed by atoms with Gasteiger partial charge in [0.15, 0.2) is 11.7 Å². The van der Waals surface area contributed by atoms with Crippen LogP contribution < -0.4 is 31.2 Å². The number of thiazole rings is 1. The third kappa shape index (κ3) is 7.17. The highest BCUT2D eigenvalue weighted by Crippen LogP contribution is 2.36. The van der Waals surface area contributed by atoms with Crippen molar-refractivity contribution in [2.75, 3.05) is 24.4 Å². The maximum Gasteiger partial charge on any atom is 0.258 e. The number of aromatic nitrogens is 1. The number of amides is 2. The van der Waals surface area contributed by atoms with E-state index in [-0.39, 0.29) is 34.1 Å². The lowest BCUT2D eigenvalue weighted by Crippen LogP contribution is -2.39. The number of nitrogen functional groups attached to an aromatic ring is 1. The molecule has 1 unspecified atom stereocenters. The van der Waals surface area contributed by atoms with Crippen LogP contribution in [0.3, 0.4) is 0 Å². The second-order valence-corrected chi connectivity index (χ2v) is 9.88. The summed E-state index contributed by atoms with van der Waals surface area (Å²) in [5.74, 6) is -0.713. The fourth-order valence-corrected chi connectivity index (χ4v) is 4.88. The fourth-order valence-electron chi connectivity index (χ4n) is 3.83. The number of ketones is 1. The average Bonchev–Trinajstić information content (AvgIpc) is 3.36. The maximum absolute atomic E-state index is 13.5. The summed E-state index contributed by atoms with van der Waals surface area (Å²) >= 11 is 0.986. The minimum atomic E-state index is -0.849. The first-order valence-corrected chi connectivity index (χ1v) is 13.3. The van der Waals surface area contributed by atoms with Gasteiger partial charge in [0.25, 0.3) is 5.91 Å². The Bertz CT molecular complexity index is 1540. The number of nitrogens with two attached hydrogens (primary N) is 2. The van der Waals surface area contributed by atoms with Gasteiger partial charge in [0.1, 0.15) is 34.1 Å². The van der Waals surface area contributed by atoms with E-state index in [9.17, 15) is 18.8 Å². The van der Waals surface area contributed by atoms with Gasteiger partial charge in [0, 0.05) is 17.8 Å². The molecule has 0 spiro atoms. The standard InChI is InChI=1S/C29H28FN5O5S/c1-17(28(32)38)35(21-10-8-20(30)9-11-21)29-34-27(31)26(41-29)25(37)19-6-12-22(13-7-19)40-16-24(36)33-15-18-4-3-5-23(14-18)39-2/h3-14,17H,15-16,31H2,1-2H3,(H2,32,38)(H,33,36). The Kier molecular flexibility index (Phi) is 9.15. The first-order valence-electron chi connectivity index (χ1n) is 12.4. The Labute approximate surface area is 239 Å². The molecule has 1 aromatic heterocycles. The van der Waals surface area contributed by atoms with Gasteiger partial charge in [0.2, 0.25) is 11.7 Å². The Morgan fingerprint density at radius 3 is 2.41 bits per heavy atom. The Morgan fingerprint density at radius 2 is 1.76 bits per heavy atom. The second-order valence-electron chi connectivity index (χ2n) is 8.91. The molecule has 0 bridgehead atoms. The highest BCUT2D eigenvalue weighted by molar-refractivity contribution is 7.18. The number of carbonyl (C=O) groups is 3. The summed E-state index contributed by atoms with van der Waals surface area (Å²) in [4.78, 5) is 43.4. The molecule has 41 heavy (non-hydrogen) atoms. The number of carbonyl (C=O) groups excluding carboxylic acids is 3. The van der Waals surface area contributed by atoms with Gasteiger partial charge in [-0.1, -0.05) is 23.5 Å². The molecule has 1 atom stereocenters. The van der Waals surface area contributed by atoms with Crippen LogP contribution in [0.5, 0.6) is 11.5 Å². The molecule has 12 heteroatoms. The van der Waals surface area contributed by atoms with Crippen molar-refractivity contribution >= 4 is 45.6 Å². The zero-order valence-electron chi connectivity index (χ0n) is 22.3. The Morgan fingerprint density at radius 1 is 1.05 bits per heavy atom. The lowest BCUT2D eigenvalue weighted by atomic mass is 10.1. The van der Waals surface area contributed by atoms with Crippen LogP contribution in [0, 0.1) is 5.82 Å². The number of nitrogens with one attached hydrogen (secondary N) is 1. The predicted molar refractivity (Wildman–Crippen MR) is 154 cm³/mol. The molecule has 0 saturated heterocycles. The number of benzene rings is 3. The topological polar surface area (TPSA) is 150 Å². The van der Waals surface area contributed by atoms with Crippen molar-refractivity contribution in [2.24, 2.45) is 5.73 Å². The number of hydrogen-bond acceptors (Lipinski definition) is 9. The summed E-state index contributed by atoms with van der Waals surface area (Å²) in [6, 6.07) is 18.2. The highest BCUT2D eigenvalue weighted by atomic mass is 32.1. The van der Waals surface area contributed by atoms with E-state index in [0.717, 1.165) is 16.9 Å². The number of halogens is 1. The molecule has 0 aliphatic heterocycles. The van der Waals surface area contributed by atoms with E-state index in [2.05, 4.69) is 10.3 Å². The van der Waals surface area contributed by atoms with Crippen molar-refractivity contribution < 1.29 is 28.2 Å². The highest BCUT2D eigenvalue weighted by Gasteiger charge is 2.27. The molecule has 10 nitrogen and oxygen atoms in total. The summed E-state index contributed by atoms with van der Waals surface area (Å²) in [6.45, 7) is 1.68. The van der Waals surface area contributed by atoms with Crippen molar-refractivity contribution in [1.82, 2.24) is 10.3 Å². The lowest BCUT2D eigenvalue weighted by Gasteiger charge is -2.26. The third-order valence-corrected chi connectivity index (χ3v) is 7.14. The van der Waals surface area contributed by atoms with Gasteiger partial charge in [-0.3, -0.25) is 14.4 Å². The van der Waals surface area contributed by atoms with E-state index in [1.54, 1.807) is 38.3 Å². The number of primary amides is 1. The minimum absolute atomic E-state index is 0.0215. The van der Waals surface area contributed by atoms with Crippen molar-refractivity contribution in [3.8, 4) is 11.5 Å². The monoisotopic (exact) mass is 577 g/mol. The van der Waals surface area contributed by atoms with Crippen LogP contribution in [0.25, 0.3) is 0 Å². The molecule has 0 saturated carbocycles. The van der Waals surface area contributed by atoms with E-state index >= 15 is 0 Å². The van der Waals surface area contributed by atoms with Gasteiger partial charge in [0.05, 0.1) is 7.11 Å². The van der Waals surface area contributed by atoms with Gasteiger partial charge in [-0.25, -0.2) is 9.37 Å². The Balaban J connectivity index is 1.41. The van der Waals surface area contributed by atoms with Crippen molar-refractivity contribution in [2.45, 2.75) is 19.5 Å². The second kappa shape index (κ2) is 12.9. The molecule has 1 heterocycles. The van der Waals surface area contributed by atoms with Crippen LogP contribution in [0.2, 0.25) is 0 Å². The molecule has 4 rings (SSSR count). The van der Waals surface area contributed by atoms with E-state index in [1.807, 2.05) is 24.3 Å². The van der Waals surface area contributed by atoms with Gasteiger partial charge < -0.3 is 31.2 Å². The van der Waals surface area contributed by atoms with E-state index in [0.29, 0.717) is 29.3 Å². The molecule has 4 aromatic rings.